The van der Waals surface area contributed by atoms with Gasteiger partial charge in [-0.2, -0.15) is 0 Å². The largest absolute Gasteiger partial charge is 0.444 e. The molecule has 1 rings (SSSR count). The van der Waals surface area contributed by atoms with Crippen LogP contribution in [-0.4, -0.2) is 71.2 Å². The van der Waals surface area contributed by atoms with E-state index in [1.54, 1.807) is 20.8 Å². The number of nitrogens with zero attached hydrogens (tertiary/aromatic N) is 1. The minimum Gasteiger partial charge on any atom is -0.444 e. The van der Waals surface area contributed by atoms with Crippen LogP contribution in [0.2, 0.25) is 0 Å². The number of hydrogen-bond acceptors (Lipinski definition) is 5. The van der Waals surface area contributed by atoms with E-state index in [0.717, 1.165) is 0 Å². The van der Waals surface area contributed by atoms with Crippen LogP contribution in [-0.2, 0) is 14.3 Å². The van der Waals surface area contributed by atoms with Gasteiger partial charge in [0.1, 0.15) is 11.5 Å². The van der Waals surface area contributed by atoms with E-state index in [1.165, 1.54) is 4.90 Å². The van der Waals surface area contributed by atoms with E-state index in [0.29, 0.717) is 19.4 Å². The second-order valence-electron chi connectivity index (χ2n) is 8.66. The first-order valence-electron chi connectivity index (χ1n) is 9.72. The Hall–Kier alpha value is -1.54. The van der Waals surface area contributed by atoms with Gasteiger partial charge in [0, 0.05) is 19.6 Å². The molecule has 0 aromatic carbocycles. The molecule has 0 bridgehead atoms. The topological polar surface area (TPSA) is 108 Å². The SMILES string of the molecule is CC(C)C[C@H](NC(=O)OC(C)(C)C)C(O)CN(C[C@@H]1CCNC1=O)C(=O)CCl. The fourth-order valence-corrected chi connectivity index (χ4v) is 3.25. The van der Waals surface area contributed by atoms with Crippen molar-refractivity contribution in [2.45, 2.75) is 65.2 Å². The van der Waals surface area contributed by atoms with Gasteiger partial charge in [-0.05, 0) is 39.5 Å². The minimum absolute atomic E-state index is 0.0253. The quantitative estimate of drug-likeness (QED) is 0.491. The summed E-state index contributed by atoms with van der Waals surface area (Å²) >= 11 is 5.71. The predicted molar refractivity (Wildman–Crippen MR) is 107 cm³/mol. The highest BCUT2D eigenvalue weighted by molar-refractivity contribution is 6.27. The van der Waals surface area contributed by atoms with E-state index < -0.39 is 23.8 Å². The molecule has 0 saturated carbocycles. The first kappa shape index (κ1) is 24.5. The summed E-state index contributed by atoms with van der Waals surface area (Å²) in [5, 5.41) is 16.2. The minimum atomic E-state index is -1.02. The summed E-state index contributed by atoms with van der Waals surface area (Å²) in [6.07, 6.45) is -0.506. The Morgan fingerprint density at radius 2 is 2.04 bits per heavy atom. The molecule has 3 atom stereocenters. The van der Waals surface area contributed by atoms with Crippen molar-refractivity contribution in [3.8, 4) is 0 Å². The number of halogens is 1. The molecule has 8 nitrogen and oxygen atoms in total. The molecule has 1 saturated heterocycles. The van der Waals surface area contributed by atoms with Gasteiger partial charge in [-0.3, -0.25) is 9.59 Å². The first-order valence-corrected chi connectivity index (χ1v) is 10.3. The Kier molecular flexibility index (Phi) is 9.50. The molecule has 1 aliphatic rings. The summed E-state index contributed by atoms with van der Waals surface area (Å²) in [4.78, 5) is 37.6. The zero-order valence-corrected chi connectivity index (χ0v) is 18.2. The fourth-order valence-electron chi connectivity index (χ4n) is 3.08. The highest BCUT2D eigenvalue weighted by Gasteiger charge is 2.32. The average molecular weight is 420 g/mol. The number of nitrogens with one attached hydrogen (secondary N) is 2. The Morgan fingerprint density at radius 3 is 2.50 bits per heavy atom. The molecule has 162 valence electrons. The van der Waals surface area contributed by atoms with Gasteiger partial charge in [-0.15, -0.1) is 11.6 Å². The van der Waals surface area contributed by atoms with Gasteiger partial charge in [0.05, 0.1) is 18.1 Å². The maximum atomic E-state index is 12.2. The van der Waals surface area contributed by atoms with Gasteiger partial charge in [0.2, 0.25) is 11.8 Å². The Labute approximate surface area is 172 Å². The van der Waals surface area contributed by atoms with E-state index in [2.05, 4.69) is 10.6 Å². The van der Waals surface area contributed by atoms with E-state index in [-0.39, 0.29) is 42.6 Å². The van der Waals surface area contributed by atoms with Gasteiger partial charge in [0.15, 0.2) is 0 Å². The summed E-state index contributed by atoms with van der Waals surface area (Å²) in [6, 6.07) is -0.599. The number of carbonyl (C=O) groups is 3. The van der Waals surface area contributed by atoms with Crippen molar-refractivity contribution in [1.82, 2.24) is 15.5 Å². The van der Waals surface area contributed by atoms with Crippen molar-refractivity contribution in [1.29, 1.82) is 0 Å². The molecule has 1 aliphatic heterocycles. The molecule has 0 aromatic heterocycles. The van der Waals surface area contributed by atoms with Crippen LogP contribution in [0.3, 0.4) is 0 Å². The number of rotatable bonds is 9. The monoisotopic (exact) mass is 419 g/mol. The van der Waals surface area contributed by atoms with Crippen LogP contribution in [0.4, 0.5) is 4.79 Å². The van der Waals surface area contributed by atoms with Crippen molar-refractivity contribution in [3.63, 3.8) is 0 Å². The molecule has 3 N–H and O–H groups in total. The van der Waals surface area contributed by atoms with Crippen LogP contribution in [0.15, 0.2) is 0 Å². The van der Waals surface area contributed by atoms with Crippen molar-refractivity contribution in [2.24, 2.45) is 11.8 Å². The normalized spacial score (nSPS) is 19.1. The second kappa shape index (κ2) is 10.9. The zero-order valence-electron chi connectivity index (χ0n) is 17.5. The van der Waals surface area contributed by atoms with Crippen LogP contribution >= 0.6 is 11.6 Å². The van der Waals surface area contributed by atoms with Crippen molar-refractivity contribution in [3.05, 3.63) is 0 Å². The van der Waals surface area contributed by atoms with Crippen LogP contribution in [0, 0.1) is 11.8 Å². The number of alkyl halides is 1. The maximum Gasteiger partial charge on any atom is 0.407 e. The van der Waals surface area contributed by atoms with Gasteiger partial charge in [0.25, 0.3) is 0 Å². The van der Waals surface area contributed by atoms with E-state index in [9.17, 15) is 19.5 Å². The highest BCUT2D eigenvalue weighted by Crippen LogP contribution is 2.16. The van der Waals surface area contributed by atoms with Crippen molar-refractivity contribution in [2.75, 3.05) is 25.5 Å². The summed E-state index contributed by atoms with van der Waals surface area (Å²) in [7, 11) is 0. The molecule has 3 amide bonds. The lowest BCUT2D eigenvalue weighted by molar-refractivity contribution is -0.132. The van der Waals surface area contributed by atoms with Crippen molar-refractivity contribution < 1.29 is 24.2 Å². The van der Waals surface area contributed by atoms with E-state index in [4.69, 9.17) is 16.3 Å². The molecule has 9 heteroatoms. The van der Waals surface area contributed by atoms with Crippen LogP contribution < -0.4 is 10.6 Å². The molecule has 28 heavy (non-hydrogen) atoms. The molecular formula is C19H34ClN3O5. The zero-order chi connectivity index (χ0) is 21.5. The fraction of sp³-hybridized carbons (Fsp3) is 0.842. The Bertz CT molecular complexity index is 550. The van der Waals surface area contributed by atoms with E-state index in [1.807, 2.05) is 13.8 Å². The number of alkyl carbamates (subject to hydrolysis) is 1. The lowest BCUT2D eigenvalue weighted by Crippen LogP contribution is -2.52. The van der Waals surface area contributed by atoms with Gasteiger partial charge < -0.3 is 25.4 Å². The standard InChI is InChI=1S/C19H34ClN3O5/c1-12(2)8-14(22-18(27)28-19(3,4)5)15(24)11-23(16(25)9-20)10-13-6-7-21-17(13)26/h12-15,24H,6-11H2,1-5H3,(H,21,26)(H,22,27)/t13-,14-,15?/m0/s1. The van der Waals surface area contributed by atoms with Crippen LogP contribution in [0.5, 0.6) is 0 Å². The first-order chi connectivity index (χ1) is 12.9. The summed E-state index contributed by atoms with van der Waals surface area (Å²) < 4.78 is 5.28. The number of amides is 3. The van der Waals surface area contributed by atoms with E-state index >= 15 is 0 Å². The Balaban J connectivity index is 2.82. The third kappa shape index (κ3) is 8.65. The molecule has 1 unspecified atom stereocenters. The van der Waals surface area contributed by atoms with Gasteiger partial charge in [-0.1, -0.05) is 13.8 Å². The average Bonchev–Trinajstić information content (AvgIpc) is 2.95. The Morgan fingerprint density at radius 1 is 1.39 bits per heavy atom. The number of ether oxygens (including phenoxy) is 1. The molecule has 0 radical (unpaired) electrons. The second-order valence-corrected chi connectivity index (χ2v) is 8.93. The predicted octanol–water partition coefficient (Wildman–Crippen LogP) is 1.49. The number of carbonyl (C=O) groups excluding carboxylic acids is 3. The van der Waals surface area contributed by atoms with Gasteiger partial charge >= 0.3 is 6.09 Å². The van der Waals surface area contributed by atoms with Crippen molar-refractivity contribution >= 4 is 29.5 Å². The third-order valence-corrected chi connectivity index (χ3v) is 4.60. The summed E-state index contributed by atoms with van der Waals surface area (Å²) in [5.74, 6) is -0.822. The molecule has 1 fully saturated rings. The maximum absolute atomic E-state index is 12.2. The lowest BCUT2D eigenvalue weighted by Gasteiger charge is -2.32. The van der Waals surface area contributed by atoms with Crippen LogP contribution in [0.1, 0.15) is 47.5 Å². The smallest absolute Gasteiger partial charge is 0.407 e. The number of hydrogen-bond donors (Lipinski definition) is 3. The summed E-state index contributed by atoms with van der Waals surface area (Å²) in [6.45, 7) is 9.96. The molecule has 1 heterocycles. The number of aliphatic hydroxyl groups is 1. The molecule has 0 aromatic rings. The molecule has 0 spiro atoms. The highest BCUT2D eigenvalue weighted by atomic mass is 35.5. The molecule has 0 aliphatic carbocycles. The number of aliphatic hydroxyl groups excluding tert-OH is 1. The van der Waals surface area contributed by atoms with Crippen LogP contribution in [0.25, 0.3) is 0 Å². The van der Waals surface area contributed by atoms with Gasteiger partial charge in [-0.25, -0.2) is 4.79 Å². The molecular weight excluding hydrogens is 386 g/mol. The third-order valence-electron chi connectivity index (χ3n) is 4.37. The lowest BCUT2D eigenvalue weighted by atomic mass is 9.98. The summed E-state index contributed by atoms with van der Waals surface area (Å²) in [5.41, 5.74) is -0.659.